The van der Waals surface area contributed by atoms with Crippen molar-refractivity contribution in [3.8, 4) is 0 Å². The summed E-state index contributed by atoms with van der Waals surface area (Å²) in [6, 6.07) is 7.35. The Morgan fingerprint density at radius 1 is 1.10 bits per heavy atom. The molecule has 0 aromatic carbocycles. The van der Waals surface area contributed by atoms with Crippen LogP contribution in [0.15, 0.2) is 35.0 Å². The van der Waals surface area contributed by atoms with Crippen LogP contribution in [-0.4, -0.2) is 23.5 Å². The average molecular weight is 310 g/mol. The Morgan fingerprint density at radius 3 is 2.45 bits per heavy atom. The first kappa shape index (κ1) is 14.7. The minimum Gasteiger partial charge on any atom is -0.386 e. The van der Waals surface area contributed by atoms with Crippen LogP contribution in [0.4, 0.5) is 0 Å². The van der Waals surface area contributed by atoms with E-state index in [2.05, 4.69) is 10.6 Å². The summed E-state index contributed by atoms with van der Waals surface area (Å²) in [6.45, 7) is 0.350. The van der Waals surface area contributed by atoms with Crippen molar-refractivity contribution in [2.45, 2.75) is 12.6 Å². The molecule has 0 bridgehead atoms. The number of aliphatic hydroxyl groups is 1. The SMILES string of the molecule is O=C(NCc1cccs1)C(=O)NC[C@H](O)c1cccs1. The summed E-state index contributed by atoms with van der Waals surface area (Å²) in [6.07, 6.45) is -0.788. The van der Waals surface area contributed by atoms with Gasteiger partial charge in [-0.3, -0.25) is 9.59 Å². The van der Waals surface area contributed by atoms with Crippen LogP contribution in [-0.2, 0) is 16.1 Å². The van der Waals surface area contributed by atoms with Gasteiger partial charge in [0.1, 0.15) is 6.10 Å². The number of nitrogens with one attached hydrogen (secondary N) is 2. The molecule has 2 aromatic rings. The average Bonchev–Trinajstić information content (AvgIpc) is 3.13. The Kier molecular flexibility index (Phi) is 5.28. The van der Waals surface area contributed by atoms with Gasteiger partial charge in [-0.15, -0.1) is 22.7 Å². The molecule has 3 N–H and O–H groups in total. The first-order valence-electron chi connectivity index (χ1n) is 5.96. The topological polar surface area (TPSA) is 78.4 Å². The minimum absolute atomic E-state index is 0.0196. The molecular weight excluding hydrogens is 296 g/mol. The van der Waals surface area contributed by atoms with Crippen LogP contribution in [0.1, 0.15) is 15.9 Å². The van der Waals surface area contributed by atoms with Crippen molar-refractivity contribution in [3.05, 3.63) is 44.8 Å². The van der Waals surface area contributed by atoms with Crippen molar-refractivity contribution in [1.29, 1.82) is 0 Å². The quantitative estimate of drug-likeness (QED) is 0.728. The van der Waals surface area contributed by atoms with E-state index in [1.807, 2.05) is 29.0 Å². The molecule has 5 nitrogen and oxygen atoms in total. The Balaban J connectivity index is 1.72. The van der Waals surface area contributed by atoms with Crippen LogP contribution in [0.3, 0.4) is 0 Å². The molecule has 106 valence electrons. The van der Waals surface area contributed by atoms with E-state index in [0.717, 1.165) is 9.75 Å². The van der Waals surface area contributed by atoms with E-state index in [1.165, 1.54) is 22.7 Å². The highest BCUT2D eigenvalue weighted by atomic mass is 32.1. The lowest BCUT2D eigenvalue weighted by Crippen LogP contribution is -2.40. The fourth-order valence-electron chi connectivity index (χ4n) is 1.51. The molecule has 0 spiro atoms. The van der Waals surface area contributed by atoms with E-state index >= 15 is 0 Å². The summed E-state index contributed by atoms with van der Waals surface area (Å²) in [5, 5.41) is 18.5. The highest BCUT2D eigenvalue weighted by Crippen LogP contribution is 2.17. The maximum atomic E-state index is 11.5. The van der Waals surface area contributed by atoms with Gasteiger partial charge in [-0.25, -0.2) is 0 Å². The van der Waals surface area contributed by atoms with E-state index in [9.17, 15) is 14.7 Å². The van der Waals surface area contributed by atoms with Crippen LogP contribution < -0.4 is 10.6 Å². The summed E-state index contributed by atoms with van der Waals surface area (Å²) in [4.78, 5) is 24.8. The van der Waals surface area contributed by atoms with Gasteiger partial charge in [0, 0.05) is 16.3 Å². The summed E-state index contributed by atoms with van der Waals surface area (Å²) in [5.41, 5.74) is 0. The maximum absolute atomic E-state index is 11.5. The molecule has 0 radical (unpaired) electrons. The zero-order chi connectivity index (χ0) is 14.4. The van der Waals surface area contributed by atoms with Crippen molar-refractivity contribution in [2.75, 3.05) is 6.54 Å². The molecule has 0 aliphatic heterocycles. The molecule has 2 amide bonds. The van der Waals surface area contributed by atoms with Crippen LogP contribution in [0.5, 0.6) is 0 Å². The number of carbonyl (C=O) groups excluding carboxylic acids is 2. The third-order valence-corrected chi connectivity index (χ3v) is 4.39. The molecule has 7 heteroatoms. The van der Waals surface area contributed by atoms with Crippen LogP contribution in [0, 0.1) is 0 Å². The van der Waals surface area contributed by atoms with Crippen LogP contribution >= 0.6 is 22.7 Å². The summed E-state index contributed by atoms with van der Waals surface area (Å²) in [5.74, 6) is -1.44. The molecule has 0 saturated carbocycles. The van der Waals surface area contributed by atoms with Crippen LogP contribution in [0.25, 0.3) is 0 Å². The first-order valence-corrected chi connectivity index (χ1v) is 7.72. The number of rotatable bonds is 5. The number of thiophene rings is 2. The third kappa shape index (κ3) is 4.16. The number of amides is 2. The largest absolute Gasteiger partial charge is 0.386 e. The maximum Gasteiger partial charge on any atom is 0.309 e. The fraction of sp³-hybridized carbons (Fsp3) is 0.231. The number of carbonyl (C=O) groups is 2. The van der Waals surface area contributed by atoms with Gasteiger partial charge >= 0.3 is 11.8 Å². The predicted molar refractivity (Wildman–Crippen MR) is 78.5 cm³/mol. The van der Waals surface area contributed by atoms with Gasteiger partial charge in [0.25, 0.3) is 0 Å². The molecule has 0 saturated heterocycles. The lowest BCUT2D eigenvalue weighted by atomic mass is 10.3. The van der Waals surface area contributed by atoms with Crippen molar-refractivity contribution < 1.29 is 14.7 Å². The smallest absolute Gasteiger partial charge is 0.309 e. The molecular formula is C13H14N2O3S2. The summed E-state index contributed by atoms with van der Waals surface area (Å²) < 4.78 is 0. The van der Waals surface area contributed by atoms with Crippen molar-refractivity contribution in [2.24, 2.45) is 0 Å². The monoisotopic (exact) mass is 310 g/mol. The first-order chi connectivity index (χ1) is 9.66. The van der Waals surface area contributed by atoms with Gasteiger partial charge in [0.15, 0.2) is 0 Å². The van der Waals surface area contributed by atoms with Gasteiger partial charge < -0.3 is 15.7 Å². The molecule has 20 heavy (non-hydrogen) atoms. The molecule has 2 aromatic heterocycles. The fourth-order valence-corrected chi connectivity index (χ4v) is 2.87. The second kappa shape index (κ2) is 7.18. The normalized spacial score (nSPS) is 11.8. The van der Waals surface area contributed by atoms with Gasteiger partial charge in [0.05, 0.1) is 6.54 Å². The van der Waals surface area contributed by atoms with Crippen LogP contribution in [0.2, 0.25) is 0 Å². The Bertz CT molecular complexity index is 552. The molecule has 0 fully saturated rings. The Labute approximate surface area is 124 Å². The molecule has 2 rings (SSSR count). The van der Waals surface area contributed by atoms with Crippen molar-refractivity contribution in [3.63, 3.8) is 0 Å². The minimum atomic E-state index is -0.788. The van der Waals surface area contributed by atoms with Gasteiger partial charge in [-0.2, -0.15) is 0 Å². The highest BCUT2D eigenvalue weighted by molar-refractivity contribution is 7.10. The van der Waals surface area contributed by atoms with E-state index in [-0.39, 0.29) is 6.54 Å². The van der Waals surface area contributed by atoms with E-state index in [4.69, 9.17) is 0 Å². The summed E-state index contributed by atoms with van der Waals surface area (Å²) >= 11 is 2.91. The lowest BCUT2D eigenvalue weighted by molar-refractivity contribution is -0.139. The molecule has 0 aliphatic carbocycles. The van der Waals surface area contributed by atoms with Crippen molar-refractivity contribution in [1.82, 2.24) is 10.6 Å². The zero-order valence-electron chi connectivity index (χ0n) is 10.5. The Hall–Kier alpha value is -1.70. The van der Waals surface area contributed by atoms with E-state index in [0.29, 0.717) is 6.54 Å². The third-order valence-electron chi connectivity index (χ3n) is 2.54. The number of hydrogen-bond donors (Lipinski definition) is 3. The lowest BCUT2D eigenvalue weighted by Gasteiger charge is -2.10. The summed E-state index contributed by atoms with van der Waals surface area (Å²) in [7, 11) is 0. The predicted octanol–water partition coefficient (Wildman–Crippen LogP) is 1.28. The second-order valence-electron chi connectivity index (χ2n) is 4.00. The van der Waals surface area contributed by atoms with Crippen molar-refractivity contribution >= 4 is 34.5 Å². The van der Waals surface area contributed by atoms with E-state index in [1.54, 1.807) is 6.07 Å². The second-order valence-corrected chi connectivity index (χ2v) is 6.01. The number of hydrogen-bond acceptors (Lipinski definition) is 5. The van der Waals surface area contributed by atoms with Gasteiger partial charge in [-0.1, -0.05) is 12.1 Å². The zero-order valence-corrected chi connectivity index (χ0v) is 12.2. The molecule has 2 heterocycles. The highest BCUT2D eigenvalue weighted by Gasteiger charge is 2.15. The van der Waals surface area contributed by atoms with Gasteiger partial charge in [0.2, 0.25) is 0 Å². The van der Waals surface area contributed by atoms with Gasteiger partial charge in [-0.05, 0) is 22.9 Å². The molecule has 0 unspecified atom stereocenters. The Morgan fingerprint density at radius 2 is 1.80 bits per heavy atom. The van der Waals surface area contributed by atoms with E-state index < -0.39 is 17.9 Å². The molecule has 1 atom stereocenters. The standard InChI is InChI=1S/C13H14N2O3S2/c16-10(11-4-2-6-20-11)8-15-13(18)12(17)14-7-9-3-1-5-19-9/h1-6,10,16H,7-8H2,(H,14,17)(H,15,18)/t10-/m0/s1. The molecule has 0 aliphatic rings. The number of aliphatic hydroxyl groups excluding tert-OH is 1.